The summed E-state index contributed by atoms with van der Waals surface area (Å²) in [5, 5.41) is -5.83. The molecule has 0 aliphatic heterocycles. The van der Waals surface area contributed by atoms with Gasteiger partial charge in [0.2, 0.25) is 0 Å². The molecule has 0 rings (SSSR count). The van der Waals surface area contributed by atoms with Crippen molar-refractivity contribution in [2.45, 2.75) is 24.3 Å². The standard InChI is InChI=1S/C4H5F5O3S/c1-2(5)3(6,7)4(8,9)13(10,11)12/h2H,1H3,(H,10,11,12). The SMILES string of the molecule is CC(F)C(F)(F)C(F)(F)S(=O)(=O)O. The molecule has 1 N–H and O–H groups in total. The van der Waals surface area contributed by atoms with Crippen molar-refractivity contribution in [3.63, 3.8) is 0 Å². The van der Waals surface area contributed by atoms with Gasteiger partial charge in [0, 0.05) is 0 Å². The second-order valence-corrected chi connectivity index (χ2v) is 3.69. The fraction of sp³-hybridized carbons (Fsp3) is 1.00. The lowest BCUT2D eigenvalue weighted by Gasteiger charge is -2.24. The van der Waals surface area contributed by atoms with Crippen molar-refractivity contribution in [2.24, 2.45) is 0 Å². The maximum absolute atomic E-state index is 12.2. The van der Waals surface area contributed by atoms with Crippen LogP contribution in [0, 0.1) is 0 Å². The Morgan fingerprint density at radius 1 is 1.23 bits per heavy atom. The van der Waals surface area contributed by atoms with Crippen LogP contribution in [0.5, 0.6) is 0 Å². The van der Waals surface area contributed by atoms with Crippen LogP contribution in [0.25, 0.3) is 0 Å². The number of hydrogen-bond acceptors (Lipinski definition) is 2. The normalized spacial score (nSPS) is 17.2. The van der Waals surface area contributed by atoms with Gasteiger partial charge in [-0.15, -0.1) is 0 Å². The molecule has 80 valence electrons. The average Bonchev–Trinajstić information content (AvgIpc) is 1.84. The molecule has 1 unspecified atom stereocenters. The zero-order valence-electron chi connectivity index (χ0n) is 6.14. The van der Waals surface area contributed by atoms with E-state index in [0.717, 1.165) is 0 Å². The highest BCUT2D eigenvalue weighted by Crippen LogP contribution is 2.41. The highest BCUT2D eigenvalue weighted by Gasteiger charge is 2.68. The Hall–Kier alpha value is -0.440. The minimum Gasteiger partial charge on any atom is -0.281 e. The fourth-order valence-electron chi connectivity index (χ4n) is 0.404. The summed E-state index contributed by atoms with van der Waals surface area (Å²) >= 11 is 0. The highest BCUT2D eigenvalue weighted by atomic mass is 32.2. The summed E-state index contributed by atoms with van der Waals surface area (Å²) in [5.74, 6) is -5.46. The fourth-order valence-corrected chi connectivity index (χ4v) is 0.910. The summed E-state index contributed by atoms with van der Waals surface area (Å²) in [4.78, 5) is 0. The van der Waals surface area contributed by atoms with Crippen molar-refractivity contribution in [3.8, 4) is 0 Å². The molecule has 0 aromatic rings. The van der Waals surface area contributed by atoms with Gasteiger partial charge in [0.25, 0.3) is 0 Å². The maximum atomic E-state index is 12.2. The van der Waals surface area contributed by atoms with Gasteiger partial charge in [-0.3, -0.25) is 4.55 Å². The molecule has 0 bridgehead atoms. The molecule has 0 heterocycles. The molecule has 0 aliphatic carbocycles. The topological polar surface area (TPSA) is 54.4 Å². The first-order chi connectivity index (χ1) is 5.44. The zero-order chi connectivity index (χ0) is 11.1. The lowest BCUT2D eigenvalue weighted by atomic mass is 10.2. The molecule has 0 spiro atoms. The third-order valence-electron chi connectivity index (χ3n) is 1.21. The van der Waals surface area contributed by atoms with Gasteiger partial charge in [-0.2, -0.15) is 26.0 Å². The van der Waals surface area contributed by atoms with E-state index in [4.69, 9.17) is 4.55 Å². The minimum atomic E-state index is -6.33. The first-order valence-electron chi connectivity index (χ1n) is 2.81. The Kier molecular flexibility index (Phi) is 2.95. The van der Waals surface area contributed by atoms with Crippen molar-refractivity contribution in [1.29, 1.82) is 0 Å². The Bertz CT molecular complexity index is 282. The number of hydrogen-bond donors (Lipinski definition) is 1. The summed E-state index contributed by atoms with van der Waals surface area (Å²) in [7, 11) is -6.33. The summed E-state index contributed by atoms with van der Waals surface area (Å²) in [6.45, 7) is 0.0547. The van der Waals surface area contributed by atoms with Crippen molar-refractivity contribution in [1.82, 2.24) is 0 Å². The van der Waals surface area contributed by atoms with Crippen LogP contribution in [0.4, 0.5) is 22.0 Å². The Labute approximate surface area is 70.3 Å². The second-order valence-electron chi connectivity index (χ2n) is 2.23. The van der Waals surface area contributed by atoms with Crippen LogP contribution >= 0.6 is 0 Å². The van der Waals surface area contributed by atoms with E-state index in [2.05, 4.69) is 0 Å². The van der Waals surface area contributed by atoms with Crippen LogP contribution in [0.2, 0.25) is 0 Å². The lowest BCUT2D eigenvalue weighted by molar-refractivity contribution is -0.192. The van der Waals surface area contributed by atoms with Crippen molar-refractivity contribution >= 4 is 10.1 Å². The van der Waals surface area contributed by atoms with Crippen LogP contribution in [-0.2, 0) is 10.1 Å². The highest BCUT2D eigenvalue weighted by molar-refractivity contribution is 7.87. The third kappa shape index (κ3) is 1.90. The van der Waals surface area contributed by atoms with E-state index < -0.39 is 27.5 Å². The number of rotatable bonds is 3. The molecule has 0 aromatic carbocycles. The molecule has 1 atom stereocenters. The molecule has 0 aromatic heterocycles. The van der Waals surface area contributed by atoms with Crippen molar-refractivity contribution in [2.75, 3.05) is 0 Å². The van der Waals surface area contributed by atoms with Crippen molar-refractivity contribution < 1.29 is 34.9 Å². The van der Waals surface area contributed by atoms with Crippen LogP contribution in [-0.4, -0.2) is 30.3 Å². The molecule has 0 saturated heterocycles. The summed E-state index contributed by atoms with van der Waals surface area (Å²) in [5.41, 5.74) is 0. The summed E-state index contributed by atoms with van der Waals surface area (Å²) < 4.78 is 87.7. The second kappa shape index (κ2) is 3.05. The van der Waals surface area contributed by atoms with Crippen LogP contribution in [0.3, 0.4) is 0 Å². The van der Waals surface area contributed by atoms with E-state index in [1.807, 2.05) is 0 Å². The monoisotopic (exact) mass is 228 g/mol. The van der Waals surface area contributed by atoms with Gasteiger partial charge in [-0.25, -0.2) is 4.39 Å². The Balaban J connectivity index is 5.29. The molecule has 3 nitrogen and oxygen atoms in total. The predicted octanol–water partition coefficient (Wildman–Crippen LogP) is 1.46. The first-order valence-corrected chi connectivity index (χ1v) is 4.25. The largest absolute Gasteiger partial charge is 0.434 e. The van der Waals surface area contributed by atoms with Gasteiger partial charge in [0.1, 0.15) is 0 Å². The molecular weight excluding hydrogens is 223 g/mol. The molecule has 0 amide bonds. The Morgan fingerprint density at radius 2 is 1.54 bits per heavy atom. The number of halogens is 5. The first kappa shape index (κ1) is 12.6. The van der Waals surface area contributed by atoms with Crippen molar-refractivity contribution in [3.05, 3.63) is 0 Å². The van der Waals surface area contributed by atoms with E-state index in [-0.39, 0.29) is 6.92 Å². The van der Waals surface area contributed by atoms with Gasteiger partial charge in [-0.05, 0) is 6.92 Å². The lowest BCUT2D eigenvalue weighted by Crippen LogP contribution is -2.51. The molecule has 0 radical (unpaired) electrons. The van der Waals surface area contributed by atoms with Gasteiger partial charge in [0.05, 0.1) is 0 Å². The maximum Gasteiger partial charge on any atom is 0.434 e. The van der Waals surface area contributed by atoms with Crippen LogP contribution in [0.1, 0.15) is 6.92 Å². The summed E-state index contributed by atoms with van der Waals surface area (Å²) in [6, 6.07) is 0. The Morgan fingerprint density at radius 3 is 1.62 bits per heavy atom. The summed E-state index contributed by atoms with van der Waals surface area (Å²) in [6.07, 6.45) is -3.40. The average molecular weight is 228 g/mol. The third-order valence-corrected chi connectivity index (χ3v) is 2.13. The molecule has 0 saturated carbocycles. The number of alkyl halides is 5. The van der Waals surface area contributed by atoms with E-state index >= 15 is 0 Å². The quantitative estimate of drug-likeness (QED) is 0.587. The van der Waals surface area contributed by atoms with Crippen LogP contribution < -0.4 is 0 Å². The molecular formula is C4H5F5O3S. The smallest absolute Gasteiger partial charge is 0.281 e. The molecule has 9 heteroatoms. The van der Waals surface area contributed by atoms with Crippen LogP contribution in [0.15, 0.2) is 0 Å². The van der Waals surface area contributed by atoms with E-state index in [1.165, 1.54) is 0 Å². The molecule has 13 heavy (non-hydrogen) atoms. The van der Waals surface area contributed by atoms with E-state index in [1.54, 1.807) is 0 Å². The molecule has 0 aliphatic rings. The van der Waals surface area contributed by atoms with Gasteiger partial charge < -0.3 is 0 Å². The van der Waals surface area contributed by atoms with E-state index in [0.29, 0.717) is 0 Å². The molecule has 0 fully saturated rings. The van der Waals surface area contributed by atoms with E-state index in [9.17, 15) is 30.4 Å². The predicted molar refractivity (Wildman–Crippen MR) is 32.0 cm³/mol. The van der Waals surface area contributed by atoms with Gasteiger partial charge in [0.15, 0.2) is 6.17 Å². The minimum absolute atomic E-state index is 0.0547. The van der Waals surface area contributed by atoms with Gasteiger partial charge >= 0.3 is 21.3 Å². The van der Waals surface area contributed by atoms with Gasteiger partial charge in [-0.1, -0.05) is 0 Å². The zero-order valence-corrected chi connectivity index (χ0v) is 6.96.